The van der Waals surface area contributed by atoms with Crippen LogP contribution in [0.1, 0.15) is 36.0 Å². The average molecular weight is 573 g/mol. The van der Waals surface area contributed by atoms with Gasteiger partial charge in [-0.25, -0.2) is 9.59 Å². The molecule has 2 fully saturated rings. The van der Waals surface area contributed by atoms with Crippen LogP contribution in [0.15, 0.2) is 12.4 Å². The maximum atomic E-state index is 12.1. The van der Waals surface area contributed by atoms with E-state index in [2.05, 4.69) is 9.88 Å². The molecule has 1 unspecified atom stereocenters. The van der Waals surface area contributed by atoms with Crippen LogP contribution in [-0.2, 0) is 43.4 Å². The summed E-state index contributed by atoms with van der Waals surface area (Å²) in [4.78, 5) is 38.7. The minimum atomic E-state index is -5.08. The lowest BCUT2D eigenvalue weighted by Crippen LogP contribution is -2.40. The maximum Gasteiger partial charge on any atom is 0.490 e. The second-order valence-electron chi connectivity index (χ2n) is 8.86. The van der Waals surface area contributed by atoms with Crippen LogP contribution in [0.25, 0.3) is 0 Å². The van der Waals surface area contributed by atoms with E-state index in [0.29, 0.717) is 12.6 Å². The second-order valence-corrected chi connectivity index (χ2v) is 8.86. The van der Waals surface area contributed by atoms with Crippen molar-refractivity contribution >= 4 is 17.8 Å². The highest BCUT2D eigenvalue weighted by Crippen LogP contribution is 2.26. The topological polar surface area (TPSA) is 130 Å². The summed E-state index contributed by atoms with van der Waals surface area (Å²) in [5.41, 5.74) is 3.79. The van der Waals surface area contributed by atoms with E-state index in [1.807, 2.05) is 17.3 Å². The summed E-state index contributed by atoms with van der Waals surface area (Å²) in [5, 5.41) is 14.2. The number of carbonyl (C=O) groups is 3. The fraction of sp³-hybridized carbons (Fsp3) is 0.652. The van der Waals surface area contributed by atoms with E-state index in [4.69, 9.17) is 29.3 Å². The van der Waals surface area contributed by atoms with Crippen LogP contribution in [0.5, 0.6) is 0 Å². The molecule has 2 N–H and O–H groups in total. The largest absolute Gasteiger partial charge is 0.490 e. The number of hydrogen-bond donors (Lipinski definition) is 2. The van der Waals surface area contributed by atoms with Crippen molar-refractivity contribution in [2.24, 2.45) is 0 Å². The molecule has 2 saturated heterocycles. The number of ether oxygens (including phenoxy) is 2. The molecular formula is C23H29F6N3O7. The molecule has 0 aromatic carbocycles. The average Bonchev–Trinajstić information content (AvgIpc) is 3.58. The standard InChI is InChI=1S/C19H27N3O3.2C2HF3O2/c23-19(21-5-1-2-6-21)14-25-12-16-10-20-9-15-11-22(7-3-18(15)16)17-4-8-24-13-17;2*3-2(4,5)1(6)7/h9-10,17H,1-8,11-14H2;2*(H,6,7). The molecule has 16 heteroatoms. The molecule has 0 bridgehead atoms. The quantitative estimate of drug-likeness (QED) is 0.511. The predicted octanol–water partition coefficient (Wildman–Crippen LogP) is 2.63. The van der Waals surface area contributed by atoms with E-state index < -0.39 is 24.3 Å². The van der Waals surface area contributed by atoms with Gasteiger partial charge in [0.1, 0.15) is 6.61 Å². The molecule has 4 heterocycles. The van der Waals surface area contributed by atoms with Gasteiger partial charge in [-0.2, -0.15) is 26.3 Å². The number of carboxylic acids is 2. The molecule has 220 valence electrons. The summed E-state index contributed by atoms with van der Waals surface area (Å²) < 4.78 is 74.7. The van der Waals surface area contributed by atoms with Crippen molar-refractivity contribution in [1.82, 2.24) is 14.8 Å². The zero-order valence-electron chi connectivity index (χ0n) is 20.8. The Balaban J connectivity index is 0.000000317. The van der Waals surface area contributed by atoms with Crippen molar-refractivity contribution in [2.45, 2.75) is 57.2 Å². The molecule has 1 aromatic rings. The fourth-order valence-corrected chi connectivity index (χ4v) is 4.14. The minimum absolute atomic E-state index is 0.114. The number of carboxylic acid groups (broad SMARTS) is 2. The molecule has 3 aliphatic rings. The van der Waals surface area contributed by atoms with Gasteiger partial charge in [0.15, 0.2) is 0 Å². The van der Waals surface area contributed by atoms with E-state index in [1.54, 1.807) is 0 Å². The number of aliphatic carboxylic acids is 2. The van der Waals surface area contributed by atoms with Gasteiger partial charge in [-0.15, -0.1) is 0 Å². The summed E-state index contributed by atoms with van der Waals surface area (Å²) in [6, 6.07) is 0.547. The smallest absolute Gasteiger partial charge is 0.475 e. The third-order valence-corrected chi connectivity index (χ3v) is 6.11. The highest BCUT2D eigenvalue weighted by molar-refractivity contribution is 5.77. The first-order valence-corrected chi connectivity index (χ1v) is 11.9. The number of carbonyl (C=O) groups excluding carboxylic acids is 1. The van der Waals surface area contributed by atoms with Gasteiger partial charge >= 0.3 is 24.3 Å². The molecule has 0 saturated carbocycles. The van der Waals surface area contributed by atoms with Crippen LogP contribution >= 0.6 is 0 Å². The van der Waals surface area contributed by atoms with Crippen LogP contribution in [0, 0.1) is 0 Å². The SMILES string of the molecule is O=C(COCc1cncc2c1CCN(C1CCOC1)C2)N1CCCC1.O=C(O)C(F)(F)F.O=C(O)C(F)(F)F. The first kappa shape index (κ1) is 32.2. The molecule has 0 radical (unpaired) electrons. The van der Waals surface area contributed by atoms with E-state index in [-0.39, 0.29) is 12.5 Å². The Kier molecular flexibility index (Phi) is 11.9. The van der Waals surface area contributed by atoms with Crippen LogP contribution < -0.4 is 0 Å². The summed E-state index contributed by atoms with van der Waals surface area (Å²) in [7, 11) is 0. The molecule has 0 spiro atoms. The monoisotopic (exact) mass is 573 g/mol. The van der Waals surface area contributed by atoms with Crippen LogP contribution in [-0.4, -0.2) is 101 Å². The number of likely N-dealkylation sites (tertiary alicyclic amines) is 1. The highest BCUT2D eigenvalue weighted by Gasteiger charge is 2.39. The molecule has 39 heavy (non-hydrogen) atoms. The molecule has 4 rings (SSSR count). The zero-order chi connectivity index (χ0) is 29.2. The number of amides is 1. The normalized spacial score (nSPS) is 19.3. The van der Waals surface area contributed by atoms with E-state index in [9.17, 15) is 31.1 Å². The van der Waals surface area contributed by atoms with E-state index >= 15 is 0 Å². The van der Waals surface area contributed by atoms with Gasteiger partial charge < -0.3 is 24.6 Å². The molecule has 1 atom stereocenters. The molecular weight excluding hydrogens is 544 g/mol. The third-order valence-electron chi connectivity index (χ3n) is 6.11. The van der Waals surface area contributed by atoms with Gasteiger partial charge in [-0.05, 0) is 42.4 Å². The lowest BCUT2D eigenvalue weighted by atomic mass is 9.96. The zero-order valence-corrected chi connectivity index (χ0v) is 20.8. The molecule has 3 aliphatic heterocycles. The van der Waals surface area contributed by atoms with Crippen LogP contribution in [0.4, 0.5) is 26.3 Å². The van der Waals surface area contributed by atoms with Gasteiger partial charge in [0.2, 0.25) is 5.91 Å². The van der Waals surface area contributed by atoms with Gasteiger partial charge in [-0.3, -0.25) is 14.7 Å². The maximum absolute atomic E-state index is 12.1. The molecule has 0 aliphatic carbocycles. The highest BCUT2D eigenvalue weighted by atomic mass is 19.4. The van der Waals surface area contributed by atoms with Gasteiger partial charge in [0.25, 0.3) is 0 Å². The minimum Gasteiger partial charge on any atom is -0.475 e. The Hall–Kier alpha value is -2.98. The molecule has 10 nitrogen and oxygen atoms in total. The van der Waals surface area contributed by atoms with Gasteiger partial charge in [0.05, 0.1) is 13.2 Å². The van der Waals surface area contributed by atoms with Crippen molar-refractivity contribution in [3.63, 3.8) is 0 Å². The Morgan fingerprint density at radius 3 is 2.10 bits per heavy atom. The Morgan fingerprint density at radius 2 is 1.59 bits per heavy atom. The number of nitrogens with zero attached hydrogens (tertiary/aromatic N) is 3. The van der Waals surface area contributed by atoms with Gasteiger partial charge in [-0.1, -0.05) is 0 Å². The summed E-state index contributed by atoms with van der Waals surface area (Å²) in [6.45, 7) is 6.14. The van der Waals surface area contributed by atoms with Gasteiger partial charge in [0, 0.05) is 51.2 Å². The molecule has 1 aromatic heterocycles. The third kappa shape index (κ3) is 10.6. The fourth-order valence-electron chi connectivity index (χ4n) is 4.14. The number of halogens is 6. The lowest BCUT2D eigenvalue weighted by molar-refractivity contribution is -0.193. The Labute approximate surface area is 219 Å². The Morgan fingerprint density at radius 1 is 1.00 bits per heavy atom. The van der Waals surface area contributed by atoms with Crippen molar-refractivity contribution in [3.8, 4) is 0 Å². The number of fused-ring (bicyclic) bond motifs is 1. The van der Waals surface area contributed by atoms with Crippen molar-refractivity contribution < 1.29 is 60.4 Å². The number of aromatic nitrogens is 1. The summed E-state index contributed by atoms with van der Waals surface area (Å²) in [5.74, 6) is -5.40. The van der Waals surface area contributed by atoms with Crippen LogP contribution in [0.3, 0.4) is 0 Å². The predicted molar refractivity (Wildman–Crippen MR) is 120 cm³/mol. The first-order valence-electron chi connectivity index (χ1n) is 11.9. The lowest BCUT2D eigenvalue weighted by Gasteiger charge is -2.33. The number of rotatable bonds is 5. The second kappa shape index (κ2) is 14.4. The van der Waals surface area contributed by atoms with E-state index in [1.165, 1.54) is 11.1 Å². The van der Waals surface area contributed by atoms with Crippen molar-refractivity contribution in [3.05, 3.63) is 29.1 Å². The number of alkyl halides is 6. The Bertz CT molecular complexity index is 954. The van der Waals surface area contributed by atoms with Crippen LogP contribution in [0.2, 0.25) is 0 Å². The summed E-state index contributed by atoms with van der Waals surface area (Å²) in [6.07, 6.45) is -1.91. The first-order chi connectivity index (χ1) is 18.2. The van der Waals surface area contributed by atoms with E-state index in [0.717, 1.165) is 70.6 Å². The van der Waals surface area contributed by atoms with Crippen molar-refractivity contribution in [2.75, 3.05) is 39.5 Å². The number of hydrogen-bond acceptors (Lipinski definition) is 7. The molecule has 1 amide bonds. The van der Waals surface area contributed by atoms with Crippen molar-refractivity contribution in [1.29, 1.82) is 0 Å². The number of pyridine rings is 1. The summed E-state index contributed by atoms with van der Waals surface area (Å²) >= 11 is 0.